The molecule has 0 radical (unpaired) electrons. The number of benzene rings is 1. The van der Waals surface area contributed by atoms with E-state index in [-0.39, 0.29) is 54.6 Å². The van der Waals surface area contributed by atoms with Gasteiger partial charge in [0.05, 0.1) is 36.4 Å². The first-order valence-electron chi connectivity index (χ1n) is 18.4. The van der Waals surface area contributed by atoms with E-state index in [1.807, 2.05) is 18.7 Å². The van der Waals surface area contributed by atoms with Crippen LogP contribution >= 0.6 is 0 Å². The van der Waals surface area contributed by atoms with Crippen LogP contribution in [0.4, 0.5) is 32.3 Å². The summed E-state index contributed by atoms with van der Waals surface area (Å²) in [5.41, 5.74) is 1.05. The molecule has 0 bridgehead atoms. The molecule has 0 spiro atoms. The van der Waals surface area contributed by atoms with Gasteiger partial charge in [-0.25, -0.2) is 23.1 Å². The van der Waals surface area contributed by atoms with E-state index in [0.29, 0.717) is 92.4 Å². The van der Waals surface area contributed by atoms with Gasteiger partial charge in [0.1, 0.15) is 0 Å². The van der Waals surface area contributed by atoms with E-state index in [0.717, 1.165) is 24.3 Å². The Kier molecular flexibility index (Phi) is 11.3. The molecule has 8 nitrogen and oxygen atoms in total. The molecule has 1 aliphatic heterocycles. The van der Waals surface area contributed by atoms with Gasteiger partial charge >= 0.3 is 12.1 Å². The fraction of sp³-hybridized carbons (Fsp3) is 0.590. The van der Waals surface area contributed by atoms with Crippen molar-refractivity contribution in [2.45, 2.75) is 121 Å². The van der Waals surface area contributed by atoms with Crippen LogP contribution in [0.1, 0.15) is 141 Å². The van der Waals surface area contributed by atoms with E-state index in [1.165, 1.54) is 0 Å². The third-order valence-corrected chi connectivity index (χ3v) is 10.9. The number of nitrogens with zero attached hydrogens (tertiary/aromatic N) is 4. The number of carbonyl (C=O) groups is 1. The second-order valence-electron chi connectivity index (χ2n) is 15.5. The summed E-state index contributed by atoms with van der Waals surface area (Å²) in [5, 5.41) is 20.4. The summed E-state index contributed by atoms with van der Waals surface area (Å²) in [6, 6.07) is 3.94. The maximum atomic E-state index is 17.3. The van der Waals surface area contributed by atoms with Crippen molar-refractivity contribution < 1.29 is 46.1 Å². The monoisotopic (exact) mass is 748 g/mol. The molecule has 2 aromatic heterocycles. The molecule has 2 atom stereocenters. The molecule has 0 amide bonds. The minimum absolute atomic E-state index is 0.00375. The van der Waals surface area contributed by atoms with E-state index < -0.39 is 41.8 Å². The maximum absolute atomic E-state index is 17.3. The summed E-state index contributed by atoms with van der Waals surface area (Å²) < 4.78 is 92.2. The number of piperidine rings is 1. The molecule has 2 fully saturated rings. The SMILES string of the molecule is CC1(C)Cc2nc(C3CCN(c4ncc(OCCCCC(=O)O)cn4)CC3)c(C(F)c3ccc(C(F)(F)F)cc3)c(C3CCC(F)(F)CC3)c2C(O)C1. The van der Waals surface area contributed by atoms with Crippen molar-refractivity contribution in [3.05, 3.63) is 75.9 Å². The first-order chi connectivity index (χ1) is 25.0. The highest BCUT2D eigenvalue weighted by atomic mass is 19.4. The number of hydrogen-bond donors (Lipinski definition) is 2. The smallest absolute Gasteiger partial charge is 0.416 e. The quantitative estimate of drug-likeness (QED) is 0.148. The molecule has 2 N–H and O–H groups in total. The number of carboxylic acid groups (broad SMARTS) is 1. The summed E-state index contributed by atoms with van der Waals surface area (Å²) in [6.45, 7) is 5.36. The summed E-state index contributed by atoms with van der Waals surface area (Å²) in [5.74, 6) is -3.52. The van der Waals surface area contributed by atoms with Crippen LogP contribution in [0.15, 0.2) is 36.7 Å². The zero-order valence-electron chi connectivity index (χ0n) is 29.9. The second kappa shape index (κ2) is 15.4. The Morgan fingerprint density at radius 1 is 0.981 bits per heavy atom. The number of fused-ring (bicyclic) bond motifs is 1. The molecule has 3 aromatic rings. The Labute approximate surface area is 305 Å². The minimum atomic E-state index is -4.60. The van der Waals surface area contributed by atoms with Crippen LogP contribution in [-0.4, -0.2) is 56.8 Å². The Morgan fingerprint density at radius 2 is 1.62 bits per heavy atom. The third kappa shape index (κ3) is 9.06. The highest BCUT2D eigenvalue weighted by Gasteiger charge is 2.44. The van der Waals surface area contributed by atoms with Crippen molar-refractivity contribution in [2.24, 2.45) is 5.41 Å². The zero-order valence-corrected chi connectivity index (χ0v) is 29.9. The average molecular weight is 749 g/mol. The molecule has 3 heterocycles. The second-order valence-corrected chi connectivity index (χ2v) is 15.5. The number of carboxylic acids is 1. The molecule has 53 heavy (non-hydrogen) atoms. The normalized spacial score (nSPS) is 21.2. The van der Waals surface area contributed by atoms with Gasteiger partial charge in [0.25, 0.3) is 0 Å². The number of pyridine rings is 1. The Morgan fingerprint density at radius 3 is 2.23 bits per heavy atom. The van der Waals surface area contributed by atoms with Crippen molar-refractivity contribution >= 4 is 11.9 Å². The molecule has 288 valence electrons. The van der Waals surface area contributed by atoms with Gasteiger partial charge in [-0.1, -0.05) is 26.0 Å². The summed E-state index contributed by atoms with van der Waals surface area (Å²) in [4.78, 5) is 26.7. The molecule has 3 aliphatic rings. The number of anilines is 1. The van der Waals surface area contributed by atoms with Gasteiger partial charge in [0.2, 0.25) is 11.9 Å². The van der Waals surface area contributed by atoms with Crippen molar-refractivity contribution in [3.63, 3.8) is 0 Å². The van der Waals surface area contributed by atoms with Crippen molar-refractivity contribution in [3.8, 4) is 5.75 Å². The van der Waals surface area contributed by atoms with Gasteiger partial charge in [-0.2, -0.15) is 13.2 Å². The molecular formula is C39H46F6N4O4. The van der Waals surface area contributed by atoms with E-state index in [2.05, 4.69) is 9.97 Å². The standard InChI is InChI=1S/C39H46F6N4O4/c1-37(2)19-28-32(29(50)20-37)31(23-10-14-38(41,42)15-11-23)33(34(40)24-6-8-26(9-7-24)39(43,44)45)35(48-28)25-12-16-49(17-13-25)36-46-21-27(22-47-36)53-18-4-3-5-30(51)52/h6-9,21-23,25,29,34,50H,3-5,10-20H2,1-2H3,(H,51,52). The highest BCUT2D eigenvalue weighted by Crippen LogP contribution is 2.52. The zero-order chi connectivity index (χ0) is 38.1. The van der Waals surface area contributed by atoms with Crippen LogP contribution in [0.25, 0.3) is 0 Å². The van der Waals surface area contributed by atoms with Crippen LogP contribution in [0.5, 0.6) is 5.75 Å². The Balaban J connectivity index is 1.32. The number of unbranched alkanes of at least 4 members (excludes halogenated alkanes) is 1. The molecule has 2 aliphatic carbocycles. The molecule has 1 saturated carbocycles. The van der Waals surface area contributed by atoms with E-state index in [1.54, 1.807) is 12.4 Å². The Bertz CT molecular complexity index is 1730. The van der Waals surface area contributed by atoms with Crippen LogP contribution < -0.4 is 9.64 Å². The van der Waals surface area contributed by atoms with E-state index in [4.69, 9.17) is 14.8 Å². The minimum Gasteiger partial charge on any atom is -0.490 e. The lowest BCUT2D eigenvalue weighted by Crippen LogP contribution is -2.36. The fourth-order valence-corrected chi connectivity index (χ4v) is 8.18. The summed E-state index contributed by atoms with van der Waals surface area (Å²) in [7, 11) is 0. The van der Waals surface area contributed by atoms with Crippen LogP contribution in [-0.2, 0) is 17.4 Å². The average Bonchev–Trinajstić information content (AvgIpc) is 3.10. The third-order valence-electron chi connectivity index (χ3n) is 10.9. The lowest BCUT2D eigenvalue weighted by atomic mass is 9.68. The fourth-order valence-electron chi connectivity index (χ4n) is 8.18. The number of hydrogen-bond acceptors (Lipinski definition) is 7. The molecule has 1 aromatic carbocycles. The number of aromatic nitrogens is 3. The number of halogens is 6. The van der Waals surface area contributed by atoms with Gasteiger partial charge < -0.3 is 19.8 Å². The first-order valence-corrected chi connectivity index (χ1v) is 18.4. The van der Waals surface area contributed by atoms with Gasteiger partial charge in [-0.15, -0.1) is 0 Å². The van der Waals surface area contributed by atoms with Gasteiger partial charge in [0, 0.05) is 55.1 Å². The van der Waals surface area contributed by atoms with Gasteiger partial charge in [-0.05, 0) is 86.0 Å². The van der Waals surface area contributed by atoms with Crippen molar-refractivity contribution in [2.75, 3.05) is 24.6 Å². The summed E-state index contributed by atoms with van der Waals surface area (Å²) >= 11 is 0. The number of alkyl halides is 6. The van der Waals surface area contributed by atoms with Gasteiger partial charge in [-0.3, -0.25) is 9.78 Å². The van der Waals surface area contributed by atoms with E-state index >= 15 is 4.39 Å². The van der Waals surface area contributed by atoms with Crippen LogP contribution in [0.3, 0.4) is 0 Å². The maximum Gasteiger partial charge on any atom is 0.416 e. The summed E-state index contributed by atoms with van der Waals surface area (Å²) in [6.07, 6.45) is -1.92. The largest absolute Gasteiger partial charge is 0.490 e. The van der Waals surface area contributed by atoms with Crippen molar-refractivity contribution in [1.29, 1.82) is 0 Å². The molecule has 14 heteroatoms. The number of rotatable bonds is 11. The number of aliphatic hydroxyl groups is 1. The van der Waals surface area contributed by atoms with Crippen LogP contribution in [0.2, 0.25) is 0 Å². The number of ether oxygens (including phenoxy) is 1. The number of aliphatic hydroxyl groups excluding tert-OH is 1. The molecule has 2 unspecified atom stereocenters. The van der Waals surface area contributed by atoms with E-state index in [9.17, 15) is 31.9 Å². The molecule has 1 saturated heterocycles. The topological polar surface area (TPSA) is 109 Å². The van der Waals surface area contributed by atoms with Gasteiger partial charge in [0.15, 0.2) is 11.9 Å². The van der Waals surface area contributed by atoms with Crippen molar-refractivity contribution in [1.82, 2.24) is 15.0 Å². The lowest BCUT2D eigenvalue weighted by Gasteiger charge is -2.41. The first kappa shape index (κ1) is 38.8. The Hall–Kier alpha value is -3.94. The predicted octanol–water partition coefficient (Wildman–Crippen LogP) is 9.27. The predicted molar refractivity (Wildman–Crippen MR) is 185 cm³/mol. The molecular weight excluding hydrogens is 702 g/mol. The highest BCUT2D eigenvalue weighted by molar-refractivity contribution is 5.66. The lowest BCUT2D eigenvalue weighted by molar-refractivity contribution is -0.138. The number of aliphatic carboxylic acids is 1. The van der Waals surface area contributed by atoms with Crippen LogP contribution in [0, 0.1) is 5.41 Å². The molecule has 6 rings (SSSR count).